The van der Waals surface area contributed by atoms with Gasteiger partial charge >= 0.3 is 0 Å². The van der Waals surface area contributed by atoms with Crippen LogP contribution in [-0.2, 0) is 6.54 Å². The first kappa shape index (κ1) is 15.2. The van der Waals surface area contributed by atoms with Crippen molar-refractivity contribution < 1.29 is 9.84 Å². The molecule has 0 saturated carbocycles. The lowest BCUT2D eigenvalue weighted by Gasteiger charge is -2.36. The number of aliphatic hydroxyl groups excluding tert-OH is 1. The van der Waals surface area contributed by atoms with Gasteiger partial charge in [-0.2, -0.15) is 0 Å². The van der Waals surface area contributed by atoms with E-state index in [0.717, 1.165) is 50.2 Å². The van der Waals surface area contributed by atoms with Gasteiger partial charge in [0, 0.05) is 19.5 Å². The van der Waals surface area contributed by atoms with Gasteiger partial charge in [0.25, 0.3) is 0 Å². The summed E-state index contributed by atoms with van der Waals surface area (Å²) in [6.07, 6.45) is 5.12. The molecule has 0 radical (unpaired) electrons. The third-order valence-electron chi connectivity index (χ3n) is 4.82. The van der Waals surface area contributed by atoms with E-state index in [1.807, 2.05) is 6.07 Å². The van der Waals surface area contributed by atoms with Crippen molar-refractivity contribution in [3.63, 3.8) is 0 Å². The van der Waals surface area contributed by atoms with Gasteiger partial charge in [0.2, 0.25) is 0 Å². The summed E-state index contributed by atoms with van der Waals surface area (Å²) in [5.74, 6) is 2.07. The average Bonchev–Trinajstić information content (AvgIpc) is 2.54. The molecular formula is C19H25NO2. The first-order valence-electron chi connectivity index (χ1n) is 8.16. The molecule has 1 heterocycles. The molecule has 1 fully saturated rings. The summed E-state index contributed by atoms with van der Waals surface area (Å²) < 4.78 is 5.31. The van der Waals surface area contributed by atoms with E-state index in [9.17, 15) is 5.11 Å². The van der Waals surface area contributed by atoms with E-state index in [1.165, 1.54) is 11.1 Å². The summed E-state index contributed by atoms with van der Waals surface area (Å²) in [5, 5.41) is 10.1. The number of ether oxygens (including phenoxy) is 1. The van der Waals surface area contributed by atoms with E-state index < -0.39 is 0 Å². The van der Waals surface area contributed by atoms with Gasteiger partial charge in [-0.1, -0.05) is 30.7 Å². The Labute approximate surface area is 132 Å². The first-order valence-corrected chi connectivity index (χ1v) is 8.16. The molecule has 1 atom stereocenters. The minimum absolute atomic E-state index is 0.539. The highest BCUT2D eigenvalue weighted by Crippen LogP contribution is 2.35. The van der Waals surface area contributed by atoms with Gasteiger partial charge in [-0.25, -0.2) is 0 Å². The Morgan fingerprint density at radius 2 is 2.23 bits per heavy atom. The number of piperidine rings is 1. The van der Waals surface area contributed by atoms with Crippen molar-refractivity contribution in [1.29, 1.82) is 0 Å². The molecule has 0 bridgehead atoms. The highest BCUT2D eigenvalue weighted by molar-refractivity contribution is 5.34. The number of hydrogen-bond donors (Lipinski definition) is 1. The van der Waals surface area contributed by atoms with Crippen LogP contribution in [0.1, 0.15) is 31.7 Å². The molecule has 3 nitrogen and oxygen atoms in total. The Kier molecular flexibility index (Phi) is 4.53. The van der Waals surface area contributed by atoms with Crippen molar-refractivity contribution >= 4 is 0 Å². The van der Waals surface area contributed by atoms with E-state index in [0.29, 0.717) is 11.7 Å². The van der Waals surface area contributed by atoms with E-state index in [-0.39, 0.29) is 0 Å². The second kappa shape index (κ2) is 6.57. The molecule has 0 spiro atoms. The van der Waals surface area contributed by atoms with Crippen LogP contribution in [0.3, 0.4) is 0 Å². The molecule has 3 heteroatoms. The maximum atomic E-state index is 10.1. The fourth-order valence-corrected chi connectivity index (χ4v) is 3.53. The second-order valence-corrected chi connectivity index (χ2v) is 6.30. The minimum Gasteiger partial charge on any atom is -0.512 e. The summed E-state index contributed by atoms with van der Waals surface area (Å²) >= 11 is 0. The quantitative estimate of drug-likeness (QED) is 0.909. The van der Waals surface area contributed by atoms with Crippen LogP contribution in [0.4, 0.5) is 0 Å². The Morgan fingerprint density at radius 1 is 1.36 bits per heavy atom. The Bertz CT molecular complexity index is 603. The zero-order chi connectivity index (χ0) is 15.5. The monoisotopic (exact) mass is 299 g/mol. The number of aliphatic hydroxyl groups is 1. The Morgan fingerprint density at radius 3 is 3.00 bits per heavy atom. The van der Waals surface area contributed by atoms with E-state index in [1.54, 1.807) is 7.11 Å². The fraction of sp³-hybridized carbons (Fsp3) is 0.474. The number of likely N-dealkylation sites (tertiary alicyclic amines) is 1. The number of hydrogen-bond acceptors (Lipinski definition) is 3. The molecule has 1 aliphatic carbocycles. The molecule has 0 aromatic heterocycles. The summed E-state index contributed by atoms with van der Waals surface area (Å²) in [4.78, 5) is 2.49. The van der Waals surface area contributed by atoms with Gasteiger partial charge in [-0.15, -0.1) is 0 Å². The van der Waals surface area contributed by atoms with E-state index in [2.05, 4.69) is 36.1 Å². The zero-order valence-electron chi connectivity index (χ0n) is 13.5. The third kappa shape index (κ3) is 3.20. The van der Waals surface area contributed by atoms with Gasteiger partial charge in [-0.05, 0) is 48.6 Å². The Hall–Kier alpha value is -1.74. The molecule has 1 aliphatic heterocycles. The van der Waals surface area contributed by atoms with Gasteiger partial charge in [0.15, 0.2) is 0 Å². The number of nitrogens with zero attached hydrogens (tertiary/aromatic N) is 1. The minimum atomic E-state index is 0.539. The van der Waals surface area contributed by atoms with Gasteiger partial charge in [0.1, 0.15) is 5.75 Å². The molecule has 22 heavy (non-hydrogen) atoms. The number of benzene rings is 1. The third-order valence-corrected chi connectivity index (χ3v) is 4.82. The van der Waals surface area contributed by atoms with Crippen LogP contribution in [0.5, 0.6) is 5.75 Å². The highest BCUT2D eigenvalue weighted by Gasteiger charge is 2.28. The number of rotatable bonds is 4. The maximum Gasteiger partial charge on any atom is 0.119 e. The summed E-state index contributed by atoms with van der Waals surface area (Å²) in [6.45, 7) is 5.17. The van der Waals surface area contributed by atoms with E-state index in [4.69, 9.17) is 4.74 Å². The molecule has 1 N–H and O–H groups in total. The van der Waals surface area contributed by atoms with Crippen molar-refractivity contribution in [2.24, 2.45) is 5.92 Å². The molecule has 1 unspecified atom stereocenters. The van der Waals surface area contributed by atoms with Crippen LogP contribution in [0.15, 0.2) is 47.2 Å². The lowest BCUT2D eigenvalue weighted by Crippen LogP contribution is -2.36. The summed E-state index contributed by atoms with van der Waals surface area (Å²) in [6, 6.07) is 8.31. The normalized spacial score (nSPS) is 22.3. The summed E-state index contributed by atoms with van der Waals surface area (Å²) in [5.41, 5.74) is 3.90. The van der Waals surface area contributed by atoms with Crippen LogP contribution in [0.25, 0.3) is 0 Å². The van der Waals surface area contributed by atoms with Crippen LogP contribution in [-0.4, -0.2) is 30.2 Å². The molecule has 1 aromatic carbocycles. The molecule has 3 rings (SSSR count). The first-order chi connectivity index (χ1) is 10.7. The number of methoxy groups -OCH3 is 1. The number of allylic oxidation sites excluding steroid dienone is 3. The molecule has 0 amide bonds. The van der Waals surface area contributed by atoms with Crippen molar-refractivity contribution in [2.45, 2.75) is 32.7 Å². The van der Waals surface area contributed by atoms with Crippen LogP contribution < -0.4 is 4.74 Å². The smallest absolute Gasteiger partial charge is 0.119 e. The standard InChI is InChI=1S/C19H25NO2/c1-3-15-10-17-13-20(8-7-16(17)11-19(15)21)12-14-5-4-6-18(9-14)22-2/h4-6,9-10,16,21H,3,7-8,11-13H2,1-2H3. The van der Waals surface area contributed by atoms with Crippen LogP contribution in [0, 0.1) is 5.92 Å². The van der Waals surface area contributed by atoms with Crippen LogP contribution in [0.2, 0.25) is 0 Å². The number of fused-ring (bicyclic) bond motifs is 1. The van der Waals surface area contributed by atoms with Crippen LogP contribution >= 0.6 is 0 Å². The predicted octanol–water partition coefficient (Wildman–Crippen LogP) is 4.07. The summed E-state index contributed by atoms with van der Waals surface area (Å²) in [7, 11) is 1.71. The Balaban J connectivity index is 1.70. The molecule has 2 aliphatic rings. The molecule has 1 aromatic rings. The zero-order valence-corrected chi connectivity index (χ0v) is 13.5. The second-order valence-electron chi connectivity index (χ2n) is 6.30. The maximum absolute atomic E-state index is 10.1. The van der Waals surface area contributed by atoms with Crippen molar-refractivity contribution in [3.05, 3.63) is 52.8 Å². The largest absolute Gasteiger partial charge is 0.512 e. The fourth-order valence-electron chi connectivity index (χ4n) is 3.53. The van der Waals surface area contributed by atoms with Gasteiger partial charge in [-0.3, -0.25) is 4.90 Å². The molecule has 1 saturated heterocycles. The molecular weight excluding hydrogens is 274 g/mol. The average molecular weight is 299 g/mol. The van der Waals surface area contributed by atoms with E-state index >= 15 is 0 Å². The van der Waals surface area contributed by atoms with Gasteiger partial charge in [0.05, 0.1) is 12.9 Å². The SMILES string of the molecule is CCC1=C(O)CC2CCN(Cc3cccc(OC)c3)CC2=C1. The molecule has 118 valence electrons. The van der Waals surface area contributed by atoms with Gasteiger partial charge < -0.3 is 9.84 Å². The lowest BCUT2D eigenvalue weighted by atomic mass is 9.81. The predicted molar refractivity (Wildman–Crippen MR) is 89.0 cm³/mol. The van der Waals surface area contributed by atoms with Crippen molar-refractivity contribution in [2.75, 3.05) is 20.2 Å². The van der Waals surface area contributed by atoms with Crippen molar-refractivity contribution in [3.8, 4) is 5.75 Å². The topological polar surface area (TPSA) is 32.7 Å². The highest BCUT2D eigenvalue weighted by atomic mass is 16.5. The van der Waals surface area contributed by atoms with Crippen molar-refractivity contribution in [1.82, 2.24) is 4.90 Å². The lowest BCUT2D eigenvalue weighted by molar-refractivity contribution is 0.212.